The molecule has 0 atom stereocenters. The van der Waals surface area contributed by atoms with Crippen LogP contribution in [-0.2, 0) is 14.6 Å². The summed E-state index contributed by atoms with van der Waals surface area (Å²) in [6.07, 6.45) is 1.09. The summed E-state index contributed by atoms with van der Waals surface area (Å²) in [5.41, 5.74) is -0.990. The molecule has 2 aromatic carbocycles. The number of halogens is 1. The number of carbonyl (C=O) groups excluding carboxylic acids is 1. The van der Waals surface area contributed by atoms with Gasteiger partial charge in [0.05, 0.1) is 10.6 Å². The van der Waals surface area contributed by atoms with E-state index in [1.54, 1.807) is 50.2 Å². The maximum atomic E-state index is 12.5. The van der Waals surface area contributed by atoms with Crippen molar-refractivity contribution in [2.75, 3.05) is 11.6 Å². The highest BCUT2D eigenvalue weighted by Crippen LogP contribution is 2.25. The van der Waals surface area contributed by atoms with Crippen molar-refractivity contribution in [2.24, 2.45) is 0 Å². The van der Waals surface area contributed by atoms with Gasteiger partial charge in [-0.1, -0.05) is 23.7 Å². The van der Waals surface area contributed by atoms with E-state index >= 15 is 0 Å². The zero-order valence-corrected chi connectivity index (χ0v) is 15.1. The molecule has 0 heterocycles. The minimum Gasteiger partial charge on any atom is -0.478 e. The Morgan fingerprint density at radius 3 is 2.25 bits per heavy atom. The molecule has 0 saturated heterocycles. The molecule has 0 aliphatic rings. The molecule has 0 aliphatic carbocycles. The van der Waals surface area contributed by atoms with E-state index in [1.165, 1.54) is 12.1 Å². The van der Waals surface area contributed by atoms with E-state index in [1.807, 2.05) is 0 Å². The van der Waals surface area contributed by atoms with Crippen molar-refractivity contribution >= 4 is 33.0 Å². The van der Waals surface area contributed by atoms with Crippen LogP contribution < -0.4 is 10.1 Å². The molecule has 0 unspecified atom stereocenters. The standard InChI is InChI=1S/C17H18ClNO4S/c1-17(2,23-13-10-8-12(18)9-11-13)16(20)19-14-6-4-5-7-15(14)24(3,21)22/h4-11H,1-3H3,(H,19,20). The number of sulfone groups is 1. The predicted octanol–water partition coefficient (Wildman–Crippen LogP) is 3.54. The molecule has 0 fully saturated rings. The zero-order valence-electron chi connectivity index (χ0n) is 13.5. The van der Waals surface area contributed by atoms with E-state index in [0.29, 0.717) is 10.8 Å². The van der Waals surface area contributed by atoms with Crippen LogP contribution in [0.15, 0.2) is 53.4 Å². The quantitative estimate of drug-likeness (QED) is 0.877. The van der Waals surface area contributed by atoms with E-state index in [-0.39, 0.29) is 10.6 Å². The summed E-state index contributed by atoms with van der Waals surface area (Å²) in [7, 11) is -3.46. The molecular weight excluding hydrogens is 350 g/mol. The van der Waals surface area contributed by atoms with Crippen molar-refractivity contribution in [3.05, 3.63) is 53.6 Å². The number of para-hydroxylation sites is 1. The van der Waals surface area contributed by atoms with Crippen LogP contribution in [0.2, 0.25) is 5.02 Å². The number of ether oxygens (including phenoxy) is 1. The number of hydrogen-bond donors (Lipinski definition) is 1. The van der Waals surface area contributed by atoms with Gasteiger partial charge in [-0.25, -0.2) is 8.42 Å². The molecule has 1 N–H and O–H groups in total. The lowest BCUT2D eigenvalue weighted by Gasteiger charge is -2.25. The fourth-order valence-corrected chi connectivity index (χ4v) is 2.98. The predicted molar refractivity (Wildman–Crippen MR) is 94.3 cm³/mol. The smallest absolute Gasteiger partial charge is 0.268 e. The topological polar surface area (TPSA) is 72.5 Å². The monoisotopic (exact) mass is 367 g/mol. The van der Waals surface area contributed by atoms with E-state index in [9.17, 15) is 13.2 Å². The van der Waals surface area contributed by atoms with Crippen molar-refractivity contribution in [3.63, 3.8) is 0 Å². The summed E-state index contributed by atoms with van der Waals surface area (Å²) in [5.74, 6) is 0.0181. The Labute approximate surface area is 146 Å². The van der Waals surface area contributed by atoms with Crippen molar-refractivity contribution in [1.82, 2.24) is 0 Å². The van der Waals surface area contributed by atoms with Crippen molar-refractivity contribution in [2.45, 2.75) is 24.3 Å². The van der Waals surface area contributed by atoms with Crippen LogP contribution in [0.5, 0.6) is 5.75 Å². The summed E-state index contributed by atoms with van der Waals surface area (Å²) < 4.78 is 29.3. The first-order chi connectivity index (χ1) is 11.1. The van der Waals surface area contributed by atoms with Crippen LogP contribution in [-0.4, -0.2) is 26.2 Å². The molecule has 0 aliphatic heterocycles. The second-order valence-corrected chi connectivity index (χ2v) is 8.21. The van der Waals surface area contributed by atoms with Gasteiger partial charge in [-0.05, 0) is 50.2 Å². The average Bonchev–Trinajstić information content (AvgIpc) is 2.49. The van der Waals surface area contributed by atoms with E-state index in [0.717, 1.165) is 6.26 Å². The van der Waals surface area contributed by atoms with Gasteiger partial charge in [0.25, 0.3) is 5.91 Å². The Kier molecular flexibility index (Phi) is 5.20. The third kappa shape index (κ3) is 4.49. The fourth-order valence-electron chi connectivity index (χ4n) is 2.01. The lowest BCUT2D eigenvalue weighted by Crippen LogP contribution is -2.42. The minimum atomic E-state index is -3.46. The summed E-state index contributed by atoms with van der Waals surface area (Å²) >= 11 is 5.82. The highest BCUT2D eigenvalue weighted by molar-refractivity contribution is 7.90. The molecule has 0 saturated carbocycles. The Morgan fingerprint density at radius 2 is 1.67 bits per heavy atom. The van der Waals surface area contributed by atoms with E-state index < -0.39 is 21.3 Å². The Morgan fingerprint density at radius 1 is 1.08 bits per heavy atom. The molecule has 0 aromatic heterocycles. The third-order valence-electron chi connectivity index (χ3n) is 3.27. The Hall–Kier alpha value is -2.05. The fraction of sp³-hybridized carbons (Fsp3) is 0.235. The van der Waals surface area contributed by atoms with Crippen LogP contribution in [0.1, 0.15) is 13.8 Å². The third-order valence-corrected chi connectivity index (χ3v) is 4.68. The van der Waals surface area contributed by atoms with Gasteiger partial charge in [0.2, 0.25) is 0 Å². The highest BCUT2D eigenvalue weighted by Gasteiger charge is 2.31. The number of rotatable bonds is 5. The summed E-state index contributed by atoms with van der Waals surface area (Å²) in [5, 5.41) is 3.18. The number of amides is 1. The molecule has 2 aromatic rings. The Balaban J connectivity index is 2.21. The lowest BCUT2D eigenvalue weighted by atomic mass is 10.1. The minimum absolute atomic E-state index is 0.0562. The summed E-state index contributed by atoms with van der Waals surface area (Å²) in [6.45, 7) is 3.19. The molecule has 5 nitrogen and oxygen atoms in total. The first kappa shape index (κ1) is 18.3. The average molecular weight is 368 g/mol. The van der Waals surface area contributed by atoms with Crippen LogP contribution >= 0.6 is 11.6 Å². The number of hydrogen-bond acceptors (Lipinski definition) is 4. The second-order valence-electron chi connectivity index (χ2n) is 5.79. The number of nitrogens with one attached hydrogen (secondary N) is 1. The number of benzene rings is 2. The molecule has 0 radical (unpaired) electrons. The molecule has 7 heteroatoms. The molecule has 128 valence electrons. The van der Waals surface area contributed by atoms with Gasteiger partial charge in [-0.3, -0.25) is 4.79 Å². The maximum absolute atomic E-state index is 12.5. The molecule has 0 spiro atoms. The van der Waals surface area contributed by atoms with E-state index in [4.69, 9.17) is 16.3 Å². The number of carbonyl (C=O) groups is 1. The van der Waals surface area contributed by atoms with Crippen molar-refractivity contribution in [1.29, 1.82) is 0 Å². The zero-order chi connectivity index (χ0) is 18.0. The van der Waals surface area contributed by atoms with Crippen LogP contribution in [0.25, 0.3) is 0 Å². The van der Waals surface area contributed by atoms with Gasteiger partial charge in [0.15, 0.2) is 15.4 Å². The summed E-state index contributed by atoms with van der Waals surface area (Å²) in [4.78, 5) is 12.6. The Bertz CT molecular complexity index is 845. The molecule has 24 heavy (non-hydrogen) atoms. The van der Waals surface area contributed by atoms with Crippen LogP contribution in [0, 0.1) is 0 Å². The molecule has 2 rings (SSSR count). The first-order valence-corrected chi connectivity index (χ1v) is 9.42. The van der Waals surface area contributed by atoms with Gasteiger partial charge in [0.1, 0.15) is 5.75 Å². The first-order valence-electron chi connectivity index (χ1n) is 7.15. The van der Waals surface area contributed by atoms with Gasteiger partial charge in [-0.15, -0.1) is 0 Å². The molecule has 1 amide bonds. The van der Waals surface area contributed by atoms with Crippen molar-refractivity contribution < 1.29 is 17.9 Å². The normalized spacial score (nSPS) is 11.8. The van der Waals surface area contributed by atoms with Crippen LogP contribution in [0.3, 0.4) is 0 Å². The van der Waals surface area contributed by atoms with E-state index in [2.05, 4.69) is 5.32 Å². The summed E-state index contributed by atoms with van der Waals surface area (Å²) in [6, 6.07) is 12.8. The maximum Gasteiger partial charge on any atom is 0.268 e. The lowest BCUT2D eigenvalue weighted by molar-refractivity contribution is -0.128. The molecular formula is C17H18ClNO4S. The highest BCUT2D eigenvalue weighted by atomic mass is 35.5. The van der Waals surface area contributed by atoms with Gasteiger partial charge >= 0.3 is 0 Å². The second kappa shape index (κ2) is 6.83. The largest absolute Gasteiger partial charge is 0.478 e. The van der Waals surface area contributed by atoms with Crippen LogP contribution in [0.4, 0.5) is 5.69 Å². The SMILES string of the molecule is CC(C)(Oc1ccc(Cl)cc1)C(=O)Nc1ccccc1S(C)(=O)=O. The van der Waals surface area contributed by atoms with Crippen molar-refractivity contribution in [3.8, 4) is 5.75 Å². The molecule has 0 bridgehead atoms. The van der Waals surface area contributed by atoms with Gasteiger partial charge < -0.3 is 10.1 Å². The number of anilines is 1. The van der Waals surface area contributed by atoms with Gasteiger partial charge in [-0.2, -0.15) is 0 Å². The van der Waals surface area contributed by atoms with Gasteiger partial charge in [0, 0.05) is 11.3 Å².